The number of methoxy groups -OCH3 is 3. The summed E-state index contributed by atoms with van der Waals surface area (Å²) in [5.41, 5.74) is 1.28. The molecule has 0 spiro atoms. The number of fused-ring (bicyclic) bond motifs is 1. The smallest absolute Gasteiger partial charge is 0.272 e. The fourth-order valence-electron chi connectivity index (χ4n) is 3.06. The molecule has 0 aliphatic carbocycles. The zero-order valence-electron chi connectivity index (χ0n) is 18.1. The molecule has 33 heavy (non-hydrogen) atoms. The van der Waals surface area contributed by atoms with Gasteiger partial charge in [-0.05, 0) is 42.0 Å². The van der Waals surface area contributed by atoms with E-state index >= 15 is 0 Å². The average Bonchev–Trinajstić information content (AvgIpc) is 3.12. The molecule has 1 amide bonds. The predicted molar refractivity (Wildman–Crippen MR) is 126 cm³/mol. The van der Waals surface area contributed by atoms with Gasteiger partial charge in [0.25, 0.3) is 5.91 Å². The Kier molecular flexibility index (Phi) is 7.23. The Hall–Kier alpha value is -3.59. The molecule has 0 aliphatic rings. The molecular formula is C22H21N3O6S2. The van der Waals surface area contributed by atoms with E-state index in [9.17, 15) is 13.2 Å². The second-order valence-electron chi connectivity index (χ2n) is 6.59. The lowest BCUT2D eigenvalue weighted by Gasteiger charge is -2.12. The van der Waals surface area contributed by atoms with E-state index in [-0.39, 0.29) is 11.4 Å². The van der Waals surface area contributed by atoms with Gasteiger partial charge < -0.3 is 18.8 Å². The summed E-state index contributed by atoms with van der Waals surface area (Å²) in [6, 6.07) is 7.78. The van der Waals surface area contributed by atoms with Crippen LogP contribution in [0, 0.1) is 12.3 Å². The van der Waals surface area contributed by atoms with Crippen molar-refractivity contribution in [1.82, 2.24) is 4.57 Å². The molecule has 0 saturated heterocycles. The Balaban J connectivity index is 2.02. The van der Waals surface area contributed by atoms with Gasteiger partial charge in [0.05, 0.1) is 43.0 Å². The van der Waals surface area contributed by atoms with E-state index < -0.39 is 15.9 Å². The van der Waals surface area contributed by atoms with E-state index in [0.717, 1.165) is 11.3 Å². The van der Waals surface area contributed by atoms with Gasteiger partial charge in [-0.25, -0.2) is 13.6 Å². The SMILES string of the molecule is C#CCn1c(=NC(=O)C=Cc2cc(OC)c(OC)c(OC)c2)sc2cc(S(N)(=O)=O)ccc21. The molecule has 11 heteroatoms. The largest absolute Gasteiger partial charge is 0.493 e. The molecule has 0 radical (unpaired) electrons. The molecule has 0 atom stereocenters. The lowest BCUT2D eigenvalue weighted by atomic mass is 10.1. The van der Waals surface area contributed by atoms with Crippen LogP contribution in [0.25, 0.3) is 16.3 Å². The van der Waals surface area contributed by atoms with Crippen LogP contribution in [-0.2, 0) is 21.4 Å². The highest BCUT2D eigenvalue weighted by Crippen LogP contribution is 2.38. The van der Waals surface area contributed by atoms with E-state index in [4.69, 9.17) is 25.8 Å². The molecule has 2 aromatic carbocycles. The Labute approximate surface area is 194 Å². The quantitative estimate of drug-likeness (QED) is 0.403. The number of thiazole rings is 1. The summed E-state index contributed by atoms with van der Waals surface area (Å²) in [4.78, 5) is 17.0. The number of terminal acetylenes is 1. The summed E-state index contributed by atoms with van der Waals surface area (Å²) >= 11 is 1.13. The first-order chi connectivity index (χ1) is 15.7. The van der Waals surface area contributed by atoms with Crippen LogP contribution in [0.5, 0.6) is 17.2 Å². The maximum Gasteiger partial charge on any atom is 0.272 e. The van der Waals surface area contributed by atoms with E-state index in [1.165, 1.54) is 39.5 Å². The van der Waals surface area contributed by atoms with Crippen molar-refractivity contribution in [2.24, 2.45) is 10.1 Å². The number of amides is 1. The molecule has 0 aliphatic heterocycles. The highest BCUT2D eigenvalue weighted by atomic mass is 32.2. The highest BCUT2D eigenvalue weighted by molar-refractivity contribution is 7.89. The van der Waals surface area contributed by atoms with Gasteiger partial charge in [-0.3, -0.25) is 4.79 Å². The number of sulfonamides is 1. The Morgan fingerprint density at radius 2 is 1.85 bits per heavy atom. The zero-order chi connectivity index (χ0) is 24.2. The third kappa shape index (κ3) is 5.25. The standard InChI is InChI=1S/C22H21N3O6S2/c1-5-10-25-16-8-7-15(33(23,27)28)13-19(16)32-22(25)24-20(26)9-6-14-11-17(29-2)21(31-4)18(12-14)30-3/h1,6-9,11-13H,10H2,2-4H3,(H2,23,27,28). The lowest BCUT2D eigenvalue weighted by molar-refractivity contribution is -0.113. The number of benzene rings is 2. The maximum atomic E-state index is 12.6. The van der Waals surface area contributed by atoms with Crippen LogP contribution in [0.3, 0.4) is 0 Å². The van der Waals surface area contributed by atoms with Crippen molar-refractivity contribution in [1.29, 1.82) is 0 Å². The van der Waals surface area contributed by atoms with Crippen LogP contribution >= 0.6 is 11.3 Å². The third-order valence-electron chi connectivity index (χ3n) is 4.54. The van der Waals surface area contributed by atoms with Crippen LogP contribution in [0.2, 0.25) is 0 Å². The van der Waals surface area contributed by atoms with Crippen LogP contribution in [0.4, 0.5) is 0 Å². The van der Waals surface area contributed by atoms with Gasteiger partial charge in [-0.15, -0.1) is 6.42 Å². The first-order valence-corrected chi connectivity index (χ1v) is 11.7. The number of hydrogen-bond acceptors (Lipinski definition) is 7. The van der Waals surface area contributed by atoms with Crippen LogP contribution < -0.4 is 24.2 Å². The number of carbonyl (C=O) groups is 1. The summed E-state index contributed by atoms with van der Waals surface area (Å²) in [5.74, 6) is 3.31. The molecule has 9 nitrogen and oxygen atoms in total. The summed E-state index contributed by atoms with van der Waals surface area (Å²) in [6.07, 6.45) is 8.32. The fraction of sp³-hybridized carbons (Fsp3) is 0.182. The van der Waals surface area contributed by atoms with Crippen molar-refractivity contribution in [2.75, 3.05) is 21.3 Å². The van der Waals surface area contributed by atoms with Gasteiger partial charge in [-0.1, -0.05) is 17.3 Å². The topological polar surface area (TPSA) is 122 Å². The van der Waals surface area contributed by atoms with Gasteiger partial charge >= 0.3 is 0 Å². The first kappa shape index (κ1) is 24.1. The van der Waals surface area contributed by atoms with Crippen molar-refractivity contribution in [2.45, 2.75) is 11.4 Å². The molecule has 0 unspecified atom stereocenters. The van der Waals surface area contributed by atoms with Crippen LogP contribution in [0.1, 0.15) is 5.56 Å². The molecule has 0 fully saturated rings. The van der Waals surface area contributed by atoms with E-state index in [1.807, 2.05) is 0 Å². The Morgan fingerprint density at radius 1 is 1.18 bits per heavy atom. The second kappa shape index (κ2) is 9.91. The van der Waals surface area contributed by atoms with Gasteiger partial charge in [0.2, 0.25) is 15.8 Å². The number of primary sulfonamides is 1. The molecule has 0 saturated carbocycles. The number of carbonyl (C=O) groups excluding carboxylic acids is 1. The van der Waals surface area contributed by atoms with Gasteiger partial charge in [0.1, 0.15) is 0 Å². The monoisotopic (exact) mass is 487 g/mol. The molecule has 172 valence electrons. The molecular weight excluding hydrogens is 466 g/mol. The van der Waals surface area contributed by atoms with E-state index in [0.29, 0.717) is 37.8 Å². The second-order valence-corrected chi connectivity index (χ2v) is 9.16. The number of ether oxygens (including phenoxy) is 3. The number of hydrogen-bond donors (Lipinski definition) is 1. The van der Waals surface area contributed by atoms with E-state index in [1.54, 1.807) is 28.8 Å². The predicted octanol–water partition coefficient (Wildman–Crippen LogP) is 2.15. The zero-order valence-corrected chi connectivity index (χ0v) is 19.7. The minimum absolute atomic E-state index is 0.0377. The first-order valence-electron chi connectivity index (χ1n) is 9.38. The summed E-state index contributed by atoms with van der Waals surface area (Å²) < 4.78 is 41.5. The minimum atomic E-state index is -3.87. The molecule has 0 bridgehead atoms. The Bertz CT molecular complexity index is 1430. The minimum Gasteiger partial charge on any atom is -0.493 e. The number of nitrogens with zero attached hydrogens (tertiary/aromatic N) is 2. The summed E-state index contributed by atoms with van der Waals surface area (Å²) in [5, 5.41) is 5.21. The molecule has 1 aromatic heterocycles. The fourth-order valence-corrected chi connectivity index (χ4v) is 4.75. The van der Waals surface area contributed by atoms with Crippen LogP contribution in [0.15, 0.2) is 46.3 Å². The van der Waals surface area contributed by atoms with Crippen molar-refractivity contribution >= 4 is 43.6 Å². The average molecular weight is 488 g/mol. The number of aromatic nitrogens is 1. The number of rotatable bonds is 7. The van der Waals surface area contributed by atoms with E-state index in [2.05, 4.69) is 10.9 Å². The van der Waals surface area contributed by atoms with Gasteiger partial charge in [-0.2, -0.15) is 4.99 Å². The third-order valence-corrected chi connectivity index (χ3v) is 6.50. The molecule has 3 rings (SSSR count). The molecule has 1 heterocycles. The van der Waals surface area contributed by atoms with Crippen molar-refractivity contribution in [3.05, 3.63) is 46.8 Å². The van der Waals surface area contributed by atoms with Gasteiger partial charge in [0.15, 0.2) is 16.3 Å². The summed E-state index contributed by atoms with van der Waals surface area (Å²) in [6.45, 7) is 0.150. The highest BCUT2D eigenvalue weighted by Gasteiger charge is 2.14. The van der Waals surface area contributed by atoms with Crippen LogP contribution in [-0.4, -0.2) is 40.2 Å². The maximum absolute atomic E-state index is 12.6. The number of nitrogens with two attached hydrogens (primary N) is 1. The molecule has 3 aromatic rings. The van der Waals surface area contributed by atoms with Gasteiger partial charge in [0, 0.05) is 6.08 Å². The normalized spacial score (nSPS) is 12.2. The Morgan fingerprint density at radius 3 is 2.39 bits per heavy atom. The van der Waals surface area contributed by atoms with Crippen molar-refractivity contribution in [3.8, 4) is 29.6 Å². The lowest BCUT2D eigenvalue weighted by Crippen LogP contribution is -2.16. The molecule has 2 N–H and O–H groups in total. The van der Waals surface area contributed by atoms with Crippen molar-refractivity contribution in [3.63, 3.8) is 0 Å². The summed E-state index contributed by atoms with van der Waals surface area (Å²) in [7, 11) is 0.627. The van der Waals surface area contributed by atoms with Crippen molar-refractivity contribution < 1.29 is 27.4 Å².